The Hall–Kier alpha value is -1.65. The van der Waals surface area contributed by atoms with Crippen molar-refractivity contribution in [3.63, 3.8) is 0 Å². The average Bonchev–Trinajstić information content (AvgIpc) is 3.45. The van der Waals surface area contributed by atoms with Crippen LogP contribution >= 0.6 is 24.0 Å². The second-order valence-corrected chi connectivity index (χ2v) is 7.95. The van der Waals surface area contributed by atoms with E-state index in [1.54, 1.807) is 6.26 Å². The Morgan fingerprint density at radius 3 is 2.23 bits per heavy atom. The lowest BCUT2D eigenvalue weighted by atomic mass is 10.1. The van der Waals surface area contributed by atoms with E-state index in [-0.39, 0.29) is 24.0 Å². The number of piperazine rings is 1. The second kappa shape index (κ2) is 11.7. The van der Waals surface area contributed by atoms with Crippen molar-refractivity contribution in [2.75, 3.05) is 46.3 Å². The fraction of sp³-hybridized carbons (Fsp3) is 0.545. The summed E-state index contributed by atoms with van der Waals surface area (Å²) in [4.78, 5) is 11.8. The van der Waals surface area contributed by atoms with E-state index in [4.69, 9.17) is 4.52 Å². The molecule has 2 fully saturated rings. The van der Waals surface area contributed by atoms with Gasteiger partial charge >= 0.3 is 0 Å². The first-order chi connectivity index (χ1) is 14.3. The number of hydrogen-bond acceptors (Lipinski definition) is 5. The third kappa shape index (κ3) is 6.42. The molecule has 0 unspecified atom stereocenters. The zero-order valence-corrected chi connectivity index (χ0v) is 20.1. The van der Waals surface area contributed by atoms with Crippen LogP contribution in [0.25, 0.3) is 0 Å². The second-order valence-electron chi connectivity index (χ2n) is 7.95. The summed E-state index contributed by atoms with van der Waals surface area (Å²) in [6.45, 7) is 9.14. The predicted molar refractivity (Wildman–Crippen MR) is 130 cm³/mol. The molecule has 0 atom stereocenters. The minimum atomic E-state index is 0. The number of aliphatic imine (C=N–C) groups is 1. The Morgan fingerprint density at radius 1 is 0.933 bits per heavy atom. The summed E-state index contributed by atoms with van der Waals surface area (Å²) < 4.78 is 4.93. The van der Waals surface area contributed by atoms with Crippen LogP contribution in [0.4, 0.5) is 0 Å². The van der Waals surface area contributed by atoms with Crippen molar-refractivity contribution in [3.05, 3.63) is 53.4 Å². The fourth-order valence-electron chi connectivity index (χ4n) is 4.14. The number of guanidine groups is 1. The molecule has 1 aromatic carbocycles. The van der Waals surface area contributed by atoms with Crippen LogP contribution < -0.4 is 5.32 Å². The molecule has 0 amide bonds. The summed E-state index contributed by atoms with van der Waals surface area (Å²) in [5, 5.41) is 7.54. The van der Waals surface area contributed by atoms with Crippen molar-refractivity contribution in [2.45, 2.75) is 32.5 Å². The largest absolute Gasteiger partial charge is 0.364 e. The molecule has 0 aliphatic carbocycles. The van der Waals surface area contributed by atoms with Gasteiger partial charge in [-0.05, 0) is 37.1 Å². The maximum atomic E-state index is 4.93. The van der Waals surface area contributed by atoms with Gasteiger partial charge in [-0.3, -0.25) is 14.8 Å². The third-order valence-corrected chi connectivity index (χ3v) is 5.84. The van der Waals surface area contributed by atoms with Crippen molar-refractivity contribution < 1.29 is 4.52 Å². The van der Waals surface area contributed by atoms with E-state index in [1.807, 2.05) is 13.1 Å². The van der Waals surface area contributed by atoms with Crippen molar-refractivity contribution in [1.29, 1.82) is 0 Å². The van der Waals surface area contributed by atoms with Gasteiger partial charge < -0.3 is 14.7 Å². The van der Waals surface area contributed by atoms with Gasteiger partial charge in [-0.25, -0.2) is 0 Å². The summed E-state index contributed by atoms with van der Waals surface area (Å²) in [6.07, 6.45) is 4.32. The van der Waals surface area contributed by atoms with Gasteiger partial charge in [0.25, 0.3) is 0 Å². The molecular weight excluding hydrogens is 491 g/mol. The Labute approximate surface area is 196 Å². The Balaban J connectivity index is 0.00000256. The molecule has 2 aliphatic rings. The van der Waals surface area contributed by atoms with E-state index in [9.17, 15) is 0 Å². The highest BCUT2D eigenvalue weighted by Crippen LogP contribution is 2.13. The van der Waals surface area contributed by atoms with Gasteiger partial charge in [0.05, 0.1) is 5.69 Å². The van der Waals surface area contributed by atoms with Crippen LogP contribution in [-0.2, 0) is 19.6 Å². The molecule has 3 heterocycles. The number of likely N-dealkylation sites (tertiary alicyclic amines) is 1. The summed E-state index contributed by atoms with van der Waals surface area (Å²) in [7, 11) is 1.86. The lowest BCUT2D eigenvalue weighted by Gasteiger charge is -2.36. The van der Waals surface area contributed by atoms with Crippen LogP contribution in [0.2, 0.25) is 0 Å². The highest BCUT2D eigenvalue weighted by atomic mass is 127. The zero-order valence-electron chi connectivity index (χ0n) is 17.8. The van der Waals surface area contributed by atoms with E-state index in [1.165, 1.54) is 37.1 Å². The van der Waals surface area contributed by atoms with Crippen molar-refractivity contribution in [1.82, 2.24) is 25.2 Å². The number of benzene rings is 1. The van der Waals surface area contributed by atoms with Crippen LogP contribution in [-0.4, -0.2) is 72.1 Å². The van der Waals surface area contributed by atoms with E-state index < -0.39 is 0 Å². The molecule has 2 aliphatic heterocycles. The van der Waals surface area contributed by atoms with Gasteiger partial charge in [-0.2, -0.15) is 0 Å². The number of rotatable bonds is 6. The van der Waals surface area contributed by atoms with Gasteiger partial charge in [-0.15, -0.1) is 24.0 Å². The summed E-state index contributed by atoms with van der Waals surface area (Å²) in [5.41, 5.74) is 3.69. The first-order valence-electron chi connectivity index (χ1n) is 10.7. The summed E-state index contributed by atoms with van der Waals surface area (Å²) in [5.74, 6) is 0.979. The Morgan fingerprint density at radius 2 is 1.60 bits per heavy atom. The minimum Gasteiger partial charge on any atom is -0.364 e. The number of nitrogens with one attached hydrogen (secondary N) is 1. The van der Waals surface area contributed by atoms with Crippen molar-refractivity contribution in [3.8, 4) is 0 Å². The van der Waals surface area contributed by atoms with Crippen LogP contribution in [0.1, 0.15) is 29.7 Å². The van der Waals surface area contributed by atoms with Gasteiger partial charge in [-0.1, -0.05) is 29.4 Å². The monoisotopic (exact) mass is 524 g/mol. The lowest BCUT2D eigenvalue weighted by molar-refractivity contribution is 0.169. The maximum absolute atomic E-state index is 4.93. The zero-order chi connectivity index (χ0) is 19.9. The topological polar surface area (TPSA) is 60.1 Å². The summed E-state index contributed by atoms with van der Waals surface area (Å²) >= 11 is 0. The number of aromatic nitrogens is 1. The molecular formula is C22H33IN6O. The van der Waals surface area contributed by atoms with Gasteiger partial charge in [0.15, 0.2) is 5.96 Å². The van der Waals surface area contributed by atoms with Crippen LogP contribution in [0.3, 0.4) is 0 Å². The molecule has 1 N–H and O–H groups in total. The van der Waals surface area contributed by atoms with Crippen LogP contribution in [0.15, 0.2) is 46.1 Å². The molecule has 0 bridgehead atoms. The average molecular weight is 524 g/mol. The van der Waals surface area contributed by atoms with E-state index in [2.05, 4.69) is 54.4 Å². The Bertz CT molecular complexity index is 765. The molecule has 30 heavy (non-hydrogen) atoms. The highest BCUT2D eigenvalue weighted by molar-refractivity contribution is 14.0. The van der Waals surface area contributed by atoms with E-state index in [0.29, 0.717) is 0 Å². The molecule has 2 saturated heterocycles. The number of hydrogen-bond donors (Lipinski definition) is 1. The molecule has 1 aromatic heterocycles. The van der Waals surface area contributed by atoms with E-state index >= 15 is 0 Å². The summed E-state index contributed by atoms with van der Waals surface area (Å²) in [6, 6.07) is 10.9. The molecule has 7 nitrogen and oxygen atoms in total. The van der Waals surface area contributed by atoms with E-state index in [0.717, 1.165) is 57.5 Å². The van der Waals surface area contributed by atoms with Crippen molar-refractivity contribution >= 4 is 29.9 Å². The molecule has 2 aromatic rings. The van der Waals surface area contributed by atoms with Gasteiger partial charge in [0.2, 0.25) is 0 Å². The lowest BCUT2D eigenvalue weighted by Crippen LogP contribution is -2.52. The highest BCUT2D eigenvalue weighted by Gasteiger charge is 2.20. The smallest absolute Gasteiger partial charge is 0.194 e. The fourth-order valence-corrected chi connectivity index (χ4v) is 4.14. The van der Waals surface area contributed by atoms with Gasteiger partial charge in [0, 0.05) is 58.9 Å². The van der Waals surface area contributed by atoms with Gasteiger partial charge in [0.1, 0.15) is 6.26 Å². The van der Waals surface area contributed by atoms with Crippen LogP contribution in [0, 0.1) is 0 Å². The first kappa shape index (κ1) is 23.0. The standard InChI is InChI=1S/C22H32N6O.HI/c1-23-22(28-13-11-27(12-14-28)18-21-8-15-29-25-21)24-16-19-4-6-20(7-5-19)17-26-9-2-3-10-26;/h4-8,15H,2-3,9-14,16-18H2,1H3,(H,23,24);1H. The normalized spacial score (nSPS) is 18.4. The Kier molecular flexibility index (Phi) is 8.95. The number of nitrogens with zero attached hydrogens (tertiary/aromatic N) is 5. The molecule has 164 valence electrons. The maximum Gasteiger partial charge on any atom is 0.194 e. The third-order valence-electron chi connectivity index (χ3n) is 5.84. The molecule has 0 radical (unpaired) electrons. The quantitative estimate of drug-likeness (QED) is 0.357. The minimum absolute atomic E-state index is 0. The number of halogens is 1. The molecule has 0 saturated carbocycles. The van der Waals surface area contributed by atoms with Crippen LogP contribution in [0.5, 0.6) is 0 Å². The predicted octanol–water partition coefficient (Wildman–Crippen LogP) is 2.78. The first-order valence-corrected chi connectivity index (χ1v) is 10.7. The molecule has 0 spiro atoms. The SMILES string of the molecule is CN=C(NCc1ccc(CN2CCCC2)cc1)N1CCN(Cc2ccon2)CC1.I. The van der Waals surface area contributed by atoms with Crippen molar-refractivity contribution in [2.24, 2.45) is 4.99 Å². The molecule has 4 rings (SSSR count). The molecule has 8 heteroatoms.